The molecule has 0 spiro atoms. The quantitative estimate of drug-likeness (QED) is 0.555. The Kier molecular flexibility index (Phi) is 11.3. The molecule has 1 N–H and O–H groups in total. The van der Waals surface area contributed by atoms with Gasteiger partial charge in [-0.25, -0.2) is 0 Å². The molecule has 1 heterocycles. The van der Waals surface area contributed by atoms with E-state index in [2.05, 4.69) is 29.0 Å². The first-order chi connectivity index (χ1) is 11.4. The number of hydrogen-bond acceptors (Lipinski definition) is 7. The molecule has 8 heteroatoms. The van der Waals surface area contributed by atoms with Crippen molar-refractivity contribution >= 4 is 17.8 Å². The zero-order chi connectivity index (χ0) is 18.4. The molecule has 0 bridgehead atoms. The molecule has 1 rings (SSSR count). The summed E-state index contributed by atoms with van der Waals surface area (Å²) in [6, 6.07) is 5.33. The minimum atomic E-state index is -1.55. The second kappa shape index (κ2) is 12.8. The summed E-state index contributed by atoms with van der Waals surface area (Å²) in [5.74, 6) is -3.20. The maximum Gasteiger partial charge on any atom is 0.269 e. The number of aliphatic carboxylic acids is 2. The molecule has 1 amide bonds. The zero-order valence-electron chi connectivity index (χ0n) is 13.7. The highest BCUT2D eigenvalue weighted by molar-refractivity contribution is 5.92. The van der Waals surface area contributed by atoms with Gasteiger partial charge in [0.15, 0.2) is 0 Å². The molecule has 0 aliphatic rings. The summed E-state index contributed by atoms with van der Waals surface area (Å²) in [6.07, 6.45) is 2.39. The zero-order valence-corrected chi connectivity index (χ0v) is 13.7. The van der Waals surface area contributed by atoms with Gasteiger partial charge in [0.25, 0.3) is 5.91 Å². The third-order valence-electron chi connectivity index (χ3n) is 2.86. The van der Waals surface area contributed by atoms with Crippen LogP contribution in [0.15, 0.2) is 36.5 Å². The molecular weight excluding hydrogens is 314 g/mol. The molecule has 0 atom stereocenters. The monoisotopic (exact) mass is 335 g/mol. The fraction of sp³-hybridized carbons (Fsp3) is 0.375. The van der Waals surface area contributed by atoms with Crippen molar-refractivity contribution < 1.29 is 24.6 Å². The molecular formula is C16H21N3O5-2. The summed E-state index contributed by atoms with van der Waals surface area (Å²) < 4.78 is 0. The number of hydrogen-bond donors (Lipinski definition) is 1. The second-order valence-electron chi connectivity index (χ2n) is 4.47. The van der Waals surface area contributed by atoms with Crippen molar-refractivity contribution in [2.24, 2.45) is 0 Å². The van der Waals surface area contributed by atoms with E-state index in [0.29, 0.717) is 24.4 Å². The van der Waals surface area contributed by atoms with Gasteiger partial charge in [-0.3, -0.25) is 9.78 Å². The minimum absolute atomic E-state index is 0.104. The van der Waals surface area contributed by atoms with Crippen LogP contribution in [0, 0.1) is 0 Å². The van der Waals surface area contributed by atoms with Gasteiger partial charge in [0.1, 0.15) is 5.69 Å². The lowest BCUT2D eigenvalue weighted by Gasteiger charge is -2.17. The highest BCUT2D eigenvalue weighted by atomic mass is 16.4. The largest absolute Gasteiger partial charge is 0.545 e. The van der Waals surface area contributed by atoms with Crippen LogP contribution in [0.3, 0.4) is 0 Å². The first-order valence-corrected chi connectivity index (χ1v) is 7.42. The Bertz CT molecular complexity index is 526. The van der Waals surface area contributed by atoms with Crippen molar-refractivity contribution in [2.75, 3.05) is 26.2 Å². The molecule has 0 aliphatic carbocycles. The third kappa shape index (κ3) is 10.9. The van der Waals surface area contributed by atoms with Crippen molar-refractivity contribution in [3.05, 3.63) is 42.2 Å². The van der Waals surface area contributed by atoms with E-state index < -0.39 is 11.9 Å². The lowest BCUT2D eigenvalue weighted by Crippen LogP contribution is -2.35. The topological polar surface area (TPSA) is 125 Å². The summed E-state index contributed by atoms with van der Waals surface area (Å²) in [5.41, 5.74) is 0.474. The maximum atomic E-state index is 11.6. The molecule has 0 radical (unpaired) electrons. The SMILES string of the molecule is CCN(CC)CCNC(=O)c1ccccn1.O=C([O-])/C=C\C(=O)[O-]. The van der Waals surface area contributed by atoms with E-state index in [4.69, 9.17) is 0 Å². The number of likely N-dealkylation sites (N-methyl/N-ethyl adjacent to an activating group) is 1. The highest BCUT2D eigenvalue weighted by Gasteiger charge is 2.05. The van der Waals surface area contributed by atoms with Gasteiger partial charge in [0, 0.05) is 19.3 Å². The molecule has 0 aromatic carbocycles. The molecule has 0 saturated carbocycles. The Morgan fingerprint density at radius 2 is 1.71 bits per heavy atom. The van der Waals surface area contributed by atoms with Gasteiger partial charge in [-0.15, -0.1) is 0 Å². The summed E-state index contributed by atoms with van der Waals surface area (Å²) in [4.78, 5) is 36.7. The number of amides is 1. The Labute approximate surface area is 140 Å². The molecule has 1 aromatic heterocycles. The first-order valence-electron chi connectivity index (χ1n) is 7.42. The number of carbonyl (C=O) groups excluding carboxylic acids is 3. The van der Waals surface area contributed by atoms with Crippen LogP contribution in [0.2, 0.25) is 0 Å². The number of nitrogens with one attached hydrogen (secondary N) is 1. The van der Waals surface area contributed by atoms with Crippen LogP contribution in [-0.4, -0.2) is 53.9 Å². The summed E-state index contributed by atoms with van der Waals surface area (Å²) in [7, 11) is 0. The molecule has 0 fully saturated rings. The van der Waals surface area contributed by atoms with Crippen molar-refractivity contribution in [3.63, 3.8) is 0 Å². The summed E-state index contributed by atoms with van der Waals surface area (Å²) in [5, 5.41) is 21.7. The van der Waals surface area contributed by atoms with Crippen molar-refractivity contribution in [3.8, 4) is 0 Å². The van der Waals surface area contributed by atoms with Crippen molar-refractivity contribution in [1.29, 1.82) is 0 Å². The van der Waals surface area contributed by atoms with Crippen molar-refractivity contribution in [1.82, 2.24) is 15.2 Å². The second-order valence-corrected chi connectivity index (χ2v) is 4.47. The Balaban J connectivity index is 0.000000561. The van der Waals surface area contributed by atoms with Crippen molar-refractivity contribution in [2.45, 2.75) is 13.8 Å². The van der Waals surface area contributed by atoms with Crippen LogP contribution in [0.4, 0.5) is 0 Å². The lowest BCUT2D eigenvalue weighted by molar-refractivity contribution is -0.301. The number of carbonyl (C=O) groups is 3. The average molecular weight is 335 g/mol. The lowest BCUT2D eigenvalue weighted by atomic mass is 10.3. The third-order valence-corrected chi connectivity index (χ3v) is 2.86. The van der Waals surface area contributed by atoms with E-state index in [0.717, 1.165) is 19.6 Å². The van der Waals surface area contributed by atoms with Gasteiger partial charge in [0.05, 0.1) is 11.9 Å². The normalized spacial score (nSPS) is 10.1. The Morgan fingerprint density at radius 3 is 2.12 bits per heavy atom. The van der Waals surface area contributed by atoms with Gasteiger partial charge in [-0.1, -0.05) is 19.9 Å². The predicted octanol–water partition coefficient (Wildman–Crippen LogP) is -1.80. The van der Waals surface area contributed by atoms with E-state index in [9.17, 15) is 24.6 Å². The van der Waals surface area contributed by atoms with Crippen LogP contribution < -0.4 is 15.5 Å². The molecule has 8 nitrogen and oxygen atoms in total. The smallest absolute Gasteiger partial charge is 0.269 e. The number of carboxylic acids is 2. The van der Waals surface area contributed by atoms with Crippen LogP contribution in [0.5, 0.6) is 0 Å². The molecule has 132 valence electrons. The Hall–Kier alpha value is -2.74. The van der Waals surface area contributed by atoms with E-state index in [1.54, 1.807) is 18.3 Å². The predicted molar refractivity (Wildman–Crippen MR) is 83.5 cm³/mol. The van der Waals surface area contributed by atoms with Gasteiger partial charge in [-0.2, -0.15) is 0 Å². The number of nitrogens with zero attached hydrogens (tertiary/aromatic N) is 2. The summed E-state index contributed by atoms with van der Waals surface area (Å²) >= 11 is 0. The number of aromatic nitrogens is 1. The van der Waals surface area contributed by atoms with Crippen LogP contribution in [0.1, 0.15) is 24.3 Å². The minimum Gasteiger partial charge on any atom is -0.545 e. The molecule has 0 saturated heterocycles. The molecule has 0 aliphatic heterocycles. The maximum absolute atomic E-state index is 11.6. The van der Waals surface area contributed by atoms with E-state index in [1.807, 2.05) is 6.07 Å². The first kappa shape index (κ1) is 21.3. The highest BCUT2D eigenvalue weighted by Crippen LogP contribution is 1.92. The number of rotatable bonds is 8. The average Bonchev–Trinajstić information content (AvgIpc) is 2.58. The molecule has 1 aromatic rings. The number of pyridine rings is 1. The van der Waals surface area contributed by atoms with Gasteiger partial charge in [0.2, 0.25) is 0 Å². The van der Waals surface area contributed by atoms with Gasteiger partial charge >= 0.3 is 0 Å². The number of carboxylic acid groups (broad SMARTS) is 2. The van der Waals surface area contributed by atoms with Gasteiger partial charge in [-0.05, 0) is 37.4 Å². The van der Waals surface area contributed by atoms with E-state index in [1.165, 1.54) is 0 Å². The fourth-order valence-corrected chi connectivity index (χ4v) is 1.59. The molecule has 0 unspecified atom stereocenters. The fourth-order valence-electron chi connectivity index (χ4n) is 1.59. The molecule has 24 heavy (non-hydrogen) atoms. The standard InChI is InChI=1S/C12H19N3O.C4H4O4/c1-3-15(4-2)10-9-14-12(16)11-7-5-6-8-13-11;5-3(6)1-2-4(7)8/h5-8H,3-4,9-10H2,1-2H3,(H,14,16);1-2H,(H,5,6)(H,7,8)/p-2/b;2-1-. The Morgan fingerprint density at radius 1 is 1.12 bits per heavy atom. The van der Waals surface area contributed by atoms with E-state index in [-0.39, 0.29) is 5.91 Å². The van der Waals surface area contributed by atoms with Crippen LogP contribution >= 0.6 is 0 Å². The summed E-state index contributed by atoms with van der Waals surface area (Å²) in [6.45, 7) is 7.79. The van der Waals surface area contributed by atoms with Gasteiger partial charge < -0.3 is 30.0 Å². The van der Waals surface area contributed by atoms with Crippen LogP contribution in [-0.2, 0) is 9.59 Å². The van der Waals surface area contributed by atoms with E-state index >= 15 is 0 Å². The van der Waals surface area contributed by atoms with Crippen LogP contribution in [0.25, 0.3) is 0 Å².